The molecule has 1 aliphatic heterocycles. The van der Waals surface area contributed by atoms with Crippen LogP contribution in [0.4, 0.5) is 0 Å². The summed E-state index contributed by atoms with van der Waals surface area (Å²) in [6, 6.07) is 8.21. The lowest BCUT2D eigenvalue weighted by Gasteiger charge is -2.26. The van der Waals surface area contributed by atoms with E-state index >= 15 is 0 Å². The quantitative estimate of drug-likeness (QED) is 0.481. The van der Waals surface area contributed by atoms with Crippen molar-refractivity contribution in [2.75, 3.05) is 41.6 Å². The first kappa shape index (κ1) is 22.7. The van der Waals surface area contributed by atoms with E-state index in [0.717, 1.165) is 5.56 Å². The van der Waals surface area contributed by atoms with Gasteiger partial charge in [0, 0.05) is 20.3 Å². The molecule has 4 rings (SSSR count). The summed E-state index contributed by atoms with van der Waals surface area (Å²) in [5, 5.41) is 0.442. The van der Waals surface area contributed by atoms with Crippen LogP contribution in [0.1, 0.15) is 39.7 Å². The Kier molecular flexibility index (Phi) is 6.29. The average Bonchev–Trinajstić information content (AvgIpc) is 3.10. The van der Waals surface area contributed by atoms with Crippen LogP contribution >= 0.6 is 0 Å². The van der Waals surface area contributed by atoms with Crippen LogP contribution in [0.15, 0.2) is 39.5 Å². The van der Waals surface area contributed by atoms with Gasteiger partial charge < -0.3 is 28.3 Å². The van der Waals surface area contributed by atoms with Crippen LogP contribution in [0.3, 0.4) is 0 Å². The number of carbonyl (C=O) groups is 1. The highest BCUT2D eigenvalue weighted by Gasteiger charge is 2.43. The number of nitrogens with zero attached hydrogens (tertiary/aromatic N) is 1. The largest absolute Gasteiger partial charge is 0.493 e. The number of hydrogen-bond acceptors (Lipinski definition) is 7. The molecule has 3 aromatic rings. The third kappa shape index (κ3) is 3.80. The lowest BCUT2D eigenvalue weighted by atomic mass is 9.97. The van der Waals surface area contributed by atoms with Crippen LogP contribution < -0.4 is 19.6 Å². The van der Waals surface area contributed by atoms with E-state index in [-0.39, 0.29) is 17.1 Å². The lowest BCUT2D eigenvalue weighted by molar-refractivity contribution is 0.0707. The van der Waals surface area contributed by atoms with Crippen LogP contribution in [0.5, 0.6) is 17.2 Å². The van der Waals surface area contributed by atoms with E-state index in [0.29, 0.717) is 58.9 Å². The first-order valence-corrected chi connectivity index (χ1v) is 10.6. The number of aryl methyl sites for hydroxylation is 1. The van der Waals surface area contributed by atoms with E-state index in [1.165, 1.54) is 21.3 Å². The Balaban J connectivity index is 1.97. The van der Waals surface area contributed by atoms with Crippen molar-refractivity contribution < 1.29 is 28.2 Å². The maximum Gasteiger partial charge on any atom is 0.290 e. The summed E-state index contributed by atoms with van der Waals surface area (Å²) < 4.78 is 27.6. The Morgan fingerprint density at radius 3 is 2.27 bits per heavy atom. The van der Waals surface area contributed by atoms with E-state index < -0.39 is 6.04 Å². The van der Waals surface area contributed by atoms with Gasteiger partial charge in [0.25, 0.3) is 5.91 Å². The van der Waals surface area contributed by atoms with Gasteiger partial charge in [0.05, 0.1) is 38.3 Å². The van der Waals surface area contributed by atoms with Gasteiger partial charge in [-0.2, -0.15) is 0 Å². The summed E-state index contributed by atoms with van der Waals surface area (Å²) in [5.74, 6) is 1.03. The molecule has 2 aromatic carbocycles. The number of amides is 1. The molecule has 1 unspecified atom stereocenters. The van der Waals surface area contributed by atoms with Crippen molar-refractivity contribution >= 4 is 16.9 Å². The third-order valence-electron chi connectivity index (χ3n) is 5.87. The number of ether oxygens (including phenoxy) is 4. The van der Waals surface area contributed by atoms with Gasteiger partial charge in [-0.3, -0.25) is 9.59 Å². The number of benzene rings is 2. The molecular weight excluding hydrogens is 426 g/mol. The van der Waals surface area contributed by atoms with Crippen LogP contribution in [0.25, 0.3) is 11.0 Å². The van der Waals surface area contributed by atoms with E-state index in [9.17, 15) is 9.59 Å². The van der Waals surface area contributed by atoms with Crippen LogP contribution in [-0.2, 0) is 4.74 Å². The van der Waals surface area contributed by atoms with Gasteiger partial charge in [-0.1, -0.05) is 11.6 Å². The fourth-order valence-electron chi connectivity index (χ4n) is 4.35. The van der Waals surface area contributed by atoms with Gasteiger partial charge >= 0.3 is 0 Å². The molecule has 0 radical (unpaired) electrons. The molecule has 0 saturated carbocycles. The zero-order valence-corrected chi connectivity index (χ0v) is 19.4. The molecule has 1 aliphatic rings. The molecule has 8 heteroatoms. The topological polar surface area (TPSA) is 87.4 Å². The molecular formula is C25H27NO7. The van der Waals surface area contributed by atoms with Crippen molar-refractivity contribution in [2.24, 2.45) is 0 Å². The van der Waals surface area contributed by atoms with Crippen LogP contribution in [0.2, 0.25) is 0 Å². The standard InChI is InChI=1S/C25H27NO7/c1-14-7-8-17-16(11-14)22(27)20-21(26(9-6-10-29-2)25(28)24(20)33-17)15-12-18(30-3)23(32-5)19(13-15)31-4/h7-8,11-13,21H,6,9-10H2,1-5H3. The van der Waals surface area contributed by atoms with Gasteiger partial charge in [-0.15, -0.1) is 0 Å². The number of methoxy groups -OCH3 is 4. The van der Waals surface area contributed by atoms with E-state index in [1.807, 2.05) is 13.0 Å². The maximum absolute atomic E-state index is 13.7. The van der Waals surface area contributed by atoms with Crippen LogP contribution in [-0.4, -0.2) is 52.4 Å². The predicted molar refractivity (Wildman–Crippen MR) is 123 cm³/mol. The van der Waals surface area contributed by atoms with E-state index in [4.69, 9.17) is 23.4 Å². The number of carbonyl (C=O) groups excluding carboxylic acids is 1. The summed E-state index contributed by atoms with van der Waals surface area (Å²) in [6.45, 7) is 2.77. The van der Waals surface area contributed by atoms with Gasteiger partial charge in [-0.05, 0) is 43.2 Å². The fraction of sp³-hybridized carbons (Fsp3) is 0.360. The average molecular weight is 453 g/mol. The van der Waals surface area contributed by atoms with Crippen molar-refractivity contribution in [3.05, 3.63) is 63.0 Å². The predicted octanol–water partition coefficient (Wildman–Crippen LogP) is 3.71. The number of rotatable bonds is 8. The minimum atomic E-state index is -0.667. The zero-order valence-electron chi connectivity index (χ0n) is 19.4. The molecule has 1 atom stereocenters. The highest BCUT2D eigenvalue weighted by Crippen LogP contribution is 2.45. The van der Waals surface area contributed by atoms with Gasteiger partial charge in [0.15, 0.2) is 16.9 Å². The fourth-order valence-corrected chi connectivity index (χ4v) is 4.35. The van der Waals surface area contributed by atoms with Gasteiger partial charge in [0.1, 0.15) is 5.58 Å². The smallest absolute Gasteiger partial charge is 0.290 e. The van der Waals surface area contributed by atoms with Crippen molar-refractivity contribution in [3.8, 4) is 17.2 Å². The summed E-state index contributed by atoms with van der Waals surface area (Å²) in [5.41, 5.74) is 2.06. The Morgan fingerprint density at radius 1 is 0.970 bits per heavy atom. The van der Waals surface area contributed by atoms with E-state index in [2.05, 4.69) is 0 Å². The SMILES string of the molecule is COCCCN1C(=O)c2oc3ccc(C)cc3c(=O)c2C1c1cc(OC)c(OC)c(OC)c1. The molecule has 0 spiro atoms. The monoisotopic (exact) mass is 453 g/mol. The molecule has 174 valence electrons. The maximum atomic E-state index is 13.7. The van der Waals surface area contributed by atoms with Gasteiger partial charge in [-0.25, -0.2) is 0 Å². The summed E-state index contributed by atoms with van der Waals surface area (Å²) in [4.78, 5) is 28.7. The van der Waals surface area contributed by atoms with Crippen molar-refractivity contribution in [2.45, 2.75) is 19.4 Å². The summed E-state index contributed by atoms with van der Waals surface area (Å²) in [7, 11) is 6.18. The number of hydrogen-bond donors (Lipinski definition) is 0. The molecule has 0 fully saturated rings. The minimum Gasteiger partial charge on any atom is -0.493 e. The molecule has 0 saturated heterocycles. The number of fused-ring (bicyclic) bond motifs is 2. The summed E-state index contributed by atoms with van der Waals surface area (Å²) >= 11 is 0. The molecule has 1 amide bonds. The minimum absolute atomic E-state index is 0.0625. The van der Waals surface area contributed by atoms with Crippen molar-refractivity contribution in [3.63, 3.8) is 0 Å². The molecule has 33 heavy (non-hydrogen) atoms. The Morgan fingerprint density at radius 2 is 1.67 bits per heavy atom. The third-order valence-corrected chi connectivity index (χ3v) is 5.87. The molecule has 1 aromatic heterocycles. The Labute approximate surface area is 191 Å². The first-order chi connectivity index (χ1) is 15.9. The second-order valence-corrected chi connectivity index (χ2v) is 7.88. The normalized spacial score (nSPS) is 15.1. The first-order valence-electron chi connectivity index (χ1n) is 10.6. The highest BCUT2D eigenvalue weighted by atomic mass is 16.5. The summed E-state index contributed by atoms with van der Waals surface area (Å²) in [6.07, 6.45) is 0.601. The Hall–Kier alpha value is -3.52. The van der Waals surface area contributed by atoms with E-state index in [1.54, 1.807) is 36.3 Å². The van der Waals surface area contributed by atoms with Crippen molar-refractivity contribution in [1.82, 2.24) is 4.90 Å². The molecule has 0 aliphatic carbocycles. The molecule has 0 N–H and O–H groups in total. The second-order valence-electron chi connectivity index (χ2n) is 7.88. The van der Waals surface area contributed by atoms with Crippen LogP contribution in [0, 0.1) is 6.92 Å². The highest BCUT2D eigenvalue weighted by molar-refractivity contribution is 5.99. The molecule has 0 bridgehead atoms. The second kappa shape index (κ2) is 9.15. The zero-order chi connectivity index (χ0) is 23.7. The Bertz CT molecular complexity index is 1240. The molecule has 2 heterocycles. The van der Waals surface area contributed by atoms with Crippen molar-refractivity contribution in [1.29, 1.82) is 0 Å². The van der Waals surface area contributed by atoms with Gasteiger partial charge in [0.2, 0.25) is 11.5 Å². The lowest BCUT2D eigenvalue weighted by Crippen LogP contribution is -2.31. The molecule has 8 nitrogen and oxygen atoms in total.